The van der Waals surface area contributed by atoms with E-state index < -0.39 is 0 Å². The molecule has 0 aliphatic carbocycles. The summed E-state index contributed by atoms with van der Waals surface area (Å²) in [6.07, 6.45) is 5.07. The van der Waals surface area contributed by atoms with Crippen LogP contribution in [0.1, 0.15) is 19.3 Å². The van der Waals surface area contributed by atoms with Crippen molar-refractivity contribution >= 4 is 17.4 Å². The highest BCUT2D eigenvalue weighted by Gasteiger charge is 1.93. The third kappa shape index (κ3) is 5.60. The molecule has 0 fully saturated rings. The molecule has 1 aromatic rings. The van der Waals surface area contributed by atoms with Gasteiger partial charge in [0.25, 0.3) is 0 Å². The van der Waals surface area contributed by atoms with Crippen LogP contribution in [0.5, 0.6) is 0 Å². The van der Waals surface area contributed by atoms with Crippen LogP contribution in [0.2, 0.25) is 5.02 Å². The number of anilines is 1. The molecule has 0 atom stereocenters. The number of hydrogen-bond acceptors (Lipinski definition) is 3. The lowest BCUT2D eigenvalue weighted by atomic mass is 10.2. The maximum absolute atomic E-state index is 5.73. The molecule has 1 aromatic heterocycles. The molecule has 1 heterocycles. The number of nitrogens with one attached hydrogen (secondary N) is 1. The molecule has 0 radical (unpaired) electrons. The quantitative estimate of drug-likeness (QED) is 0.729. The molecule has 0 bridgehead atoms. The summed E-state index contributed by atoms with van der Waals surface area (Å²) in [5.41, 5.74) is 0. The van der Waals surface area contributed by atoms with Gasteiger partial charge in [0.05, 0.1) is 5.02 Å². The van der Waals surface area contributed by atoms with E-state index in [1.807, 2.05) is 12.1 Å². The first-order valence-electron chi connectivity index (χ1n) is 5.17. The molecule has 0 aliphatic rings. The van der Waals surface area contributed by atoms with E-state index >= 15 is 0 Å². The van der Waals surface area contributed by atoms with Crippen molar-refractivity contribution in [1.82, 2.24) is 4.98 Å². The molecule has 84 valence electrons. The van der Waals surface area contributed by atoms with Crippen LogP contribution >= 0.6 is 11.6 Å². The summed E-state index contributed by atoms with van der Waals surface area (Å²) in [6.45, 7) is 1.79. The second-order valence-electron chi connectivity index (χ2n) is 3.34. The minimum Gasteiger partial charge on any atom is -0.385 e. The Morgan fingerprint density at radius 2 is 2.20 bits per heavy atom. The van der Waals surface area contributed by atoms with Gasteiger partial charge in [0.15, 0.2) is 0 Å². The molecule has 0 aliphatic heterocycles. The lowest BCUT2D eigenvalue weighted by Crippen LogP contribution is -2.03. The van der Waals surface area contributed by atoms with Crippen LogP contribution in [-0.2, 0) is 4.74 Å². The standard InChI is InChI=1S/C11H17ClN2O/c1-15-8-4-2-3-7-13-11-6-5-10(12)9-14-11/h5-6,9H,2-4,7-8H2,1H3,(H,13,14). The van der Waals surface area contributed by atoms with E-state index in [0.717, 1.165) is 31.8 Å². The molecule has 3 nitrogen and oxygen atoms in total. The van der Waals surface area contributed by atoms with Crippen molar-refractivity contribution in [3.8, 4) is 0 Å². The lowest BCUT2D eigenvalue weighted by Gasteiger charge is -2.04. The number of unbranched alkanes of at least 4 members (excludes halogenated alkanes) is 2. The Bertz CT molecular complexity index is 264. The molecule has 0 amide bonds. The molecular formula is C11H17ClN2O. The van der Waals surface area contributed by atoms with Crippen molar-refractivity contribution in [2.45, 2.75) is 19.3 Å². The number of methoxy groups -OCH3 is 1. The lowest BCUT2D eigenvalue weighted by molar-refractivity contribution is 0.192. The highest BCUT2D eigenvalue weighted by atomic mass is 35.5. The Morgan fingerprint density at radius 1 is 1.33 bits per heavy atom. The number of rotatable bonds is 7. The SMILES string of the molecule is COCCCCCNc1ccc(Cl)cn1. The van der Waals surface area contributed by atoms with E-state index in [4.69, 9.17) is 16.3 Å². The van der Waals surface area contributed by atoms with Gasteiger partial charge in [0, 0.05) is 26.5 Å². The van der Waals surface area contributed by atoms with E-state index in [1.165, 1.54) is 6.42 Å². The van der Waals surface area contributed by atoms with Gasteiger partial charge in [0.1, 0.15) is 5.82 Å². The summed E-state index contributed by atoms with van der Waals surface area (Å²) < 4.78 is 4.97. The first kappa shape index (κ1) is 12.3. The zero-order chi connectivity index (χ0) is 10.9. The van der Waals surface area contributed by atoms with Gasteiger partial charge in [-0.05, 0) is 31.4 Å². The highest BCUT2D eigenvalue weighted by Crippen LogP contribution is 2.09. The molecule has 0 aromatic carbocycles. The molecule has 0 unspecified atom stereocenters. The average molecular weight is 229 g/mol. The first-order valence-corrected chi connectivity index (χ1v) is 5.55. The second kappa shape index (κ2) is 7.49. The fraction of sp³-hybridized carbons (Fsp3) is 0.545. The number of ether oxygens (including phenoxy) is 1. The summed E-state index contributed by atoms with van der Waals surface area (Å²) in [6, 6.07) is 3.72. The van der Waals surface area contributed by atoms with E-state index in [2.05, 4.69) is 10.3 Å². The third-order valence-electron chi connectivity index (χ3n) is 2.06. The van der Waals surface area contributed by atoms with Crippen molar-refractivity contribution in [2.24, 2.45) is 0 Å². The summed E-state index contributed by atoms with van der Waals surface area (Å²) in [5.74, 6) is 0.881. The Balaban J connectivity index is 2.07. The maximum Gasteiger partial charge on any atom is 0.125 e. The van der Waals surface area contributed by atoms with Crippen LogP contribution in [0.4, 0.5) is 5.82 Å². The maximum atomic E-state index is 5.73. The van der Waals surface area contributed by atoms with Gasteiger partial charge in [-0.25, -0.2) is 4.98 Å². The Labute approximate surface area is 95.8 Å². The number of nitrogens with zero attached hydrogens (tertiary/aromatic N) is 1. The van der Waals surface area contributed by atoms with E-state index in [9.17, 15) is 0 Å². The van der Waals surface area contributed by atoms with Crippen LogP contribution in [0.3, 0.4) is 0 Å². The monoisotopic (exact) mass is 228 g/mol. The van der Waals surface area contributed by atoms with Crippen LogP contribution < -0.4 is 5.32 Å². The Kier molecular flexibility index (Phi) is 6.12. The largest absolute Gasteiger partial charge is 0.385 e. The Morgan fingerprint density at radius 3 is 2.87 bits per heavy atom. The molecule has 0 spiro atoms. The molecule has 0 saturated carbocycles. The minimum absolute atomic E-state index is 0.667. The Hall–Kier alpha value is -0.800. The van der Waals surface area contributed by atoms with Gasteiger partial charge >= 0.3 is 0 Å². The predicted molar refractivity (Wildman–Crippen MR) is 63.5 cm³/mol. The fourth-order valence-corrected chi connectivity index (χ4v) is 1.36. The average Bonchev–Trinajstić information content (AvgIpc) is 2.26. The van der Waals surface area contributed by atoms with Crippen LogP contribution in [-0.4, -0.2) is 25.2 Å². The summed E-state index contributed by atoms with van der Waals surface area (Å²) in [5, 5.41) is 3.91. The molecular weight excluding hydrogens is 212 g/mol. The molecule has 15 heavy (non-hydrogen) atoms. The van der Waals surface area contributed by atoms with Gasteiger partial charge < -0.3 is 10.1 Å². The van der Waals surface area contributed by atoms with Crippen LogP contribution in [0.25, 0.3) is 0 Å². The smallest absolute Gasteiger partial charge is 0.125 e. The normalized spacial score (nSPS) is 10.3. The number of aromatic nitrogens is 1. The molecule has 0 saturated heterocycles. The topological polar surface area (TPSA) is 34.1 Å². The van der Waals surface area contributed by atoms with E-state index in [-0.39, 0.29) is 0 Å². The molecule has 4 heteroatoms. The van der Waals surface area contributed by atoms with Crippen molar-refractivity contribution < 1.29 is 4.74 Å². The van der Waals surface area contributed by atoms with Crippen LogP contribution in [0.15, 0.2) is 18.3 Å². The van der Waals surface area contributed by atoms with Gasteiger partial charge in [-0.15, -0.1) is 0 Å². The van der Waals surface area contributed by atoms with E-state index in [1.54, 1.807) is 13.3 Å². The number of halogens is 1. The van der Waals surface area contributed by atoms with Gasteiger partial charge in [-0.1, -0.05) is 11.6 Å². The molecule has 1 rings (SSSR count). The summed E-state index contributed by atoms with van der Waals surface area (Å²) >= 11 is 5.73. The second-order valence-corrected chi connectivity index (χ2v) is 3.78. The van der Waals surface area contributed by atoms with Gasteiger partial charge in [-0.3, -0.25) is 0 Å². The number of pyridine rings is 1. The summed E-state index contributed by atoms with van der Waals surface area (Å²) in [7, 11) is 1.73. The van der Waals surface area contributed by atoms with Gasteiger partial charge in [0.2, 0.25) is 0 Å². The zero-order valence-corrected chi connectivity index (χ0v) is 9.76. The molecule has 1 N–H and O–H groups in total. The van der Waals surface area contributed by atoms with Crippen molar-refractivity contribution in [3.05, 3.63) is 23.4 Å². The minimum atomic E-state index is 0.667. The fourth-order valence-electron chi connectivity index (χ4n) is 1.25. The zero-order valence-electron chi connectivity index (χ0n) is 9.00. The highest BCUT2D eigenvalue weighted by molar-refractivity contribution is 6.30. The van der Waals surface area contributed by atoms with Crippen molar-refractivity contribution in [1.29, 1.82) is 0 Å². The van der Waals surface area contributed by atoms with Crippen LogP contribution in [0, 0.1) is 0 Å². The van der Waals surface area contributed by atoms with Crippen molar-refractivity contribution in [3.63, 3.8) is 0 Å². The third-order valence-corrected chi connectivity index (χ3v) is 2.28. The van der Waals surface area contributed by atoms with E-state index in [0.29, 0.717) is 5.02 Å². The predicted octanol–water partition coefficient (Wildman–Crippen LogP) is 2.96. The summed E-state index contributed by atoms with van der Waals surface area (Å²) in [4.78, 5) is 4.14. The first-order chi connectivity index (χ1) is 7.33. The van der Waals surface area contributed by atoms with Gasteiger partial charge in [-0.2, -0.15) is 0 Å². The number of hydrogen-bond donors (Lipinski definition) is 1. The van der Waals surface area contributed by atoms with Crippen molar-refractivity contribution in [2.75, 3.05) is 25.6 Å².